The number of carbonyl (C=O) groups excluding carboxylic acids is 1. The molecule has 0 saturated carbocycles. The number of nitrogens with one attached hydrogen (secondary N) is 3. The van der Waals surface area contributed by atoms with E-state index in [1.54, 1.807) is 0 Å². The highest BCUT2D eigenvalue weighted by Crippen LogP contribution is 1.98. The van der Waals surface area contributed by atoms with Crippen molar-refractivity contribution in [1.29, 1.82) is 0 Å². The van der Waals surface area contributed by atoms with Crippen molar-refractivity contribution in [3.63, 3.8) is 0 Å². The van der Waals surface area contributed by atoms with Crippen LogP contribution in [0.15, 0.2) is 0 Å². The van der Waals surface area contributed by atoms with Gasteiger partial charge in [-0.1, -0.05) is 6.42 Å². The van der Waals surface area contributed by atoms with Gasteiger partial charge in [0.1, 0.15) is 0 Å². The molecule has 0 atom stereocenters. The fraction of sp³-hybridized carbons (Fsp3) is 0.900. The van der Waals surface area contributed by atoms with Gasteiger partial charge < -0.3 is 16.0 Å². The second-order valence-electron chi connectivity index (χ2n) is 3.37. The van der Waals surface area contributed by atoms with Crippen LogP contribution in [0.2, 0.25) is 0 Å². The van der Waals surface area contributed by atoms with Gasteiger partial charge in [0.05, 0.1) is 0 Å². The van der Waals surface area contributed by atoms with Gasteiger partial charge in [0.25, 0.3) is 0 Å². The normalized spacial score (nSPS) is 10.1. The van der Waals surface area contributed by atoms with E-state index in [1.165, 1.54) is 0 Å². The van der Waals surface area contributed by atoms with E-state index >= 15 is 0 Å². The first-order valence-electron chi connectivity index (χ1n) is 5.37. The number of likely N-dealkylation sites (N-methyl/N-ethyl adjacent to an activating group) is 1. The van der Waals surface area contributed by atoms with Gasteiger partial charge in [0.2, 0.25) is 5.91 Å². The van der Waals surface area contributed by atoms with Crippen molar-refractivity contribution in [3.05, 3.63) is 0 Å². The van der Waals surface area contributed by atoms with E-state index in [-0.39, 0.29) is 5.91 Å². The fourth-order valence-corrected chi connectivity index (χ4v) is 1.18. The molecule has 4 nitrogen and oxygen atoms in total. The Morgan fingerprint density at radius 1 is 0.929 bits per heavy atom. The summed E-state index contributed by atoms with van der Waals surface area (Å²) < 4.78 is 0. The third kappa shape index (κ3) is 9.48. The lowest BCUT2D eigenvalue weighted by atomic mass is 10.2. The van der Waals surface area contributed by atoms with Crippen LogP contribution < -0.4 is 16.0 Å². The molecule has 0 aromatic rings. The minimum absolute atomic E-state index is 0.171. The van der Waals surface area contributed by atoms with Crippen molar-refractivity contribution < 1.29 is 4.79 Å². The maximum absolute atomic E-state index is 11.2. The second-order valence-corrected chi connectivity index (χ2v) is 3.37. The summed E-state index contributed by atoms with van der Waals surface area (Å²) >= 11 is 0. The molecule has 0 fully saturated rings. The van der Waals surface area contributed by atoms with Gasteiger partial charge in [-0.15, -0.1) is 0 Å². The van der Waals surface area contributed by atoms with Crippen LogP contribution in [0.3, 0.4) is 0 Å². The summed E-state index contributed by atoms with van der Waals surface area (Å²) in [5.74, 6) is 0.171. The fourth-order valence-electron chi connectivity index (χ4n) is 1.18. The summed E-state index contributed by atoms with van der Waals surface area (Å²) in [6, 6.07) is 0. The predicted molar refractivity (Wildman–Crippen MR) is 59.3 cm³/mol. The lowest BCUT2D eigenvalue weighted by Gasteiger charge is -2.04. The molecule has 0 bridgehead atoms. The quantitative estimate of drug-likeness (QED) is 0.464. The highest BCUT2D eigenvalue weighted by Gasteiger charge is 1.98. The van der Waals surface area contributed by atoms with Crippen LogP contribution in [0.1, 0.15) is 25.7 Å². The number of amides is 1. The smallest absolute Gasteiger partial charge is 0.220 e. The van der Waals surface area contributed by atoms with Crippen molar-refractivity contribution in [2.75, 3.05) is 33.7 Å². The van der Waals surface area contributed by atoms with Gasteiger partial charge in [-0.05, 0) is 33.5 Å². The molecule has 14 heavy (non-hydrogen) atoms. The average Bonchev–Trinajstić information content (AvgIpc) is 2.18. The molecule has 84 valence electrons. The van der Waals surface area contributed by atoms with E-state index in [9.17, 15) is 4.79 Å². The van der Waals surface area contributed by atoms with Crippen LogP contribution in [0.25, 0.3) is 0 Å². The first kappa shape index (κ1) is 13.4. The Kier molecular flexibility index (Phi) is 10.0. The van der Waals surface area contributed by atoms with Gasteiger partial charge in [-0.2, -0.15) is 0 Å². The van der Waals surface area contributed by atoms with E-state index in [2.05, 4.69) is 16.0 Å². The van der Waals surface area contributed by atoms with Gasteiger partial charge >= 0.3 is 0 Å². The molecular weight excluding hydrogens is 178 g/mol. The Labute approximate surface area is 86.8 Å². The Morgan fingerprint density at radius 3 is 2.29 bits per heavy atom. The summed E-state index contributed by atoms with van der Waals surface area (Å²) in [5, 5.41) is 8.93. The predicted octanol–water partition coefficient (Wildman–Crippen LogP) is 0.102. The zero-order chi connectivity index (χ0) is 10.6. The summed E-state index contributed by atoms with van der Waals surface area (Å²) in [4.78, 5) is 11.2. The first-order valence-corrected chi connectivity index (χ1v) is 5.37. The number of rotatable bonds is 9. The van der Waals surface area contributed by atoms with Crippen LogP contribution in [0.4, 0.5) is 0 Å². The molecule has 0 radical (unpaired) electrons. The lowest BCUT2D eigenvalue weighted by Crippen LogP contribution is -2.30. The first-order chi connectivity index (χ1) is 6.81. The minimum Gasteiger partial charge on any atom is -0.355 e. The maximum Gasteiger partial charge on any atom is 0.220 e. The maximum atomic E-state index is 11.2. The highest BCUT2D eigenvalue weighted by atomic mass is 16.1. The largest absolute Gasteiger partial charge is 0.355 e. The molecule has 0 rings (SSSR count). The summed E-state index contributed by atoms with van der Waals surface area (Å²) in [6.07, 6.45) is 3.93. The van der Waals surface area contributed by atoms with Crippen molar-refractivity contribution in [2.24, 2.45) is 0 Å². The Morgan fingerprint density at radius 2 is 1.64 bits per heavy atom. The molecule has 0 aliphatic rings. The van der Waals surface area contributed by atoms with E-state index in [4.69, 9.17) is 0 Å². The van der Waals surface area contributed by atoms with Crippen LogP contribution in [-0.2, 0) is 4.79 Å². The summed E-state index contributed by atoms with van der Waals surface area (Å²) in [5.41, 5.74) is 0. The molecule has 0 aromatic heterocycles. The lowest BCUT2D eigenvalue weighted by molar-refractivity contribution is -0.121. The molecule has 0 spiro atoms. The zero-order valence-electron chi connectivity index (χ0n) is 9.36. The van der Waals surface area contributed by atoms with E-state index in [1.807, 2.05) is 14.1 Å². The number of hydrogen-bond acceptors (Lipinski definition) is 3. The Hall–Kier alpha value is -0.610. The van der Waals surface area contributed by atoms with E-state index < -0.39 is 0 Å². The number of carbonyl (C=O) groups is 1. The number of unbranched alkanes of at least 4 members (excludes halogenated alkanes) is 2. The van der Waals surface area contributed by atoms with Crippen molar-refractivity contribution in [2.45, 2.75) is 25.7 Å². The standard InChI is InChI=1S/C10H23N3O/c1-11-7-5-3-4-6-10(14)13-9-8-12-2/h11-12H,3-9H2,1-2H3,(H,13,14). The molecule has 0 unspecified atom stereocenters. The average molecular weight is 201 g/mol. The summed E-state index contributed by atoms with van der Waals surface area (Å²) in [7, 11) is 3.83. The summed E-state index contributed by atoms with van der Waals surface area (Å²) in [6.45, 7) is 2.61. The highest BCUT2D eigenvalue weighted by molar-refractivity contribution is 5.75. The molecule has 0 saturated heterocycles. The SMILES string of the molecule is CNCCCCCC(=O)NCCNC. The molecular formula is C10H23N3O. The topological polar surface area (TPSA) is 53.2 Å². The monoisotopic (exact) mass is 201 g/mol. The van der Waals surface area contributed by atoms with E-state index in [0.29, 0.717) is 6.42 Å². The van der Waals surface area contributed by atoms with Gasteiger partial charge in [0, 0.05) is 19.5 Å². The van der Waals surface area contributed by atoms with Crippen LogP contribution in [0, 0.1) is 0 Å². The van der Waals surface area contributed by atoms with Gasteiger partial charge in [-0.25, -0.2) is 0 Å². The third-order valence-electron chi connectivity index (χ3n) is 2.03. The molecule has 0 aliphatic heterocycles. The molecule has 0 heterocycles. The van der Waals surface area contributed by atoms with Gasteiger partial charge in [-0.3, -0.25) is 4.79 Å². The van der Waals surface area contributed by atoms with Crippen LogP contribution in [0.5, 0.6) is 0 Å². The molecule has 0 aromatic carbocycles. The molecule has 0 aliphatic carbocycles. The van der Waals surface area contributed by atoms with Crippen molar-refractivity contribution in [1.82, 2.24) is 16.0 Å². The van der Waals surface area contributed by atoms with Crippen LogP contribution >= 0.6 is 0 Å². The van der Waals surface area contributed by atoms with Crippen molar-refractivity contribution in [3.8, 4) is 0 Å². The van der Waals surface area contributed by atoms with Crippen LogP contribution in [-0.4, -0.2) is 39.6 Å². The Balaban J connectivity index is 3.10. The minimum atomic E-state index is 0.171. The van der Waals surface area contributed by atoms with Crippen molar-refractivity contribution >= 4 is 5.91 Å². The van der Waals surface area contributed by atoms with Gasteiger partial charge in [0.15, 0.2) is 0 Å². The second kappa shape index (κ2) is 10.5. The molecule has 3 N–H and O–H groups in total. The Bertz CT molecular complexity index is 139. The molecule has 4 heteroatoms. The zero-order valence-corrected chi connectivity index (χ0v) is 9.36. The number of hydrogen-bond donors (Lipinski definition) is 3. The van der Waals surface area contributed by atoms with E-state index in [0.717, 1.165) is 38.9 Å². The molecule has 1 amide bonds. The third-order valence-corrected chi connectivity index (χ3v) is 2.03.